The van der Waals surface area contributed by atoms with E-state index in [-0.39, 0.29) is 6.03 Å². The van der Waals surface area contributed by atoms with Gasteiger partial charge >= 0.3 is 6.03 Å². The minimum atomic E-state index is -0.0703. The summed E-state index contributed by atoms with van der Waals surface area (Å²) in [5.41, 5.74) is 1.49. The van der Waals surface area contributed by atoms with E-state index in [1.165, 1.54) is 0 Å². The molecule has 0 saturated carbocycles. The summed E-state index contributed by atoms with van der Waals surface area (Å²) in [4.78, 5) is 24.8. The molecule has 24 heavy (non-hydrogen) atoms. The topological polar surface area (TPSA) is 85.2 Å². The summed E-state index contributed by atoms with van der Waals surface area (Å²) < 4.78 is 0. The zero-order valence-corrected chi connectivity index (χ0v) is 14.2. The molecule has 1 saturated heterocycles. The summed E-state index contributed by atoms with van der Waals surface area (Å²) >= 11 is 1.58. The molecule has 3 heterocycles. The molecule has 1 aliphatic rings. The molecule has 2 aromatic rings. The van der Waals surface area contributed by atoms with E-state index in [0.29, 0.717) is 38.3 Å². The van der Waals surface area contributed by atoms with Gasteiger partial charge in [-0.2, -0.15) is 5.26 Å². The number of aryl methyl sites for hydroxylation is 1. The molecule has 0 unspecified atom stereocenters. The third kappa shape index (κ3) is 3.81. The molecular formula is C16H18N6OS. The molecule has 1 N–H and O–H groups in total. The molecule has 2 aromatic heterocycles. The Kier molecular flexibility index (Phi) is 4.91. The fourth-order valence-corrected chi connectivity index (χ4v) is 3.18. The standard InChI is InChI=1S/C16H18N6OS/c1-12-20-14(11-24-12)10-19-16(23)22-6-4-21(5-7-22)15-8-13(9-17)2-3-18-15/h2-3,8,11H,4-7,10H2,1H3,(H,19,23). The predicted octanol–water partition coefficient (Wildman–Crippen LogP) is 1.75. The van der Waals surface area contributed by atoms with Crippen LogP contribution in [0.5, 0.6) is 0 Å². The fraction of sp³-hybridized carbons (Fsp3) is 0.375. The van der Waals surface area contributed by atoms with E-state index in [1.807, 2.05) is 12.3 Å². The van der Waals surface area contributed by atoms with Gasteiger partial charge in [0.25, 0.3) is 0 Å². The molecule has 7 nitrogen and oxygen atoms in total. The Morgan fingerprint density at radius 1 is 1.42 bits per heavy atom. The maximum Gasteiger partial charge on any atom is 0.317 e. The lowest BCUT2D eigenvalue weighted by atomic mass is 10.2. The van der Waals surface area contributed by atoms with Crippen LogP contribution in [0.2, 0.25) is 0 Å². The summed E-state index contributed by atoms with van der Waals surface area (Å²) in [5.74, 6) is 0.784. The average Bonchev–Trinajstić information content (AvgIpc) is 3.05. The number of pyridine rings is 1. The second-order valence-electron chi connectivity index (χ2n) is 5.51. The number of nitrogens with one attached hydrogen (secondary N) is 1. The highest BCUT2D eigenvalue weighted by Crippen LogP contribution is 2.15. The van der Waals surface area contributed by atoms with Crippen molar-refractivity contribution in [3.8, 4) is 6.07 Å². The van der Waals surface area contributed by atoms with Crippen molar-refractivity contribution < 1.29 is 4.79 Å². The molecule has 124 valence electrons. The van der Waals surface area contributed by atoms with Gasteiger partial charge in [-0.25, -0.2) is 14.8 Å². The van der Waals surface area contributed by atoms with E-state index in [9.17, 15) is 4.79 Å². The van der Waals surface area contributed by atoms with Gasteiger partial charge in [-0.15, -0.1) is 11.3 Å². The normalized spacial score (nSPS) is 14.3. The SMILES string of the molecule is Cc1nc(CNC(=O)N2CCN(c3cc(C#N)ccn3)CC2)cs1. The maximum atomic E-state index is 12.2. The zero-order valence-electron chi connectivity index (χ0n) is 13.4. The van der Waals surface area contributed by atoms with Crippen LogP contribution in [-0.2, 0) is 6.54 Å². The molecule has 0 aromatic carbocycles. The van der Waals surface area contributed by atoms with Crippen molar-refractivity contribution in [2.24, 2.45) is 0 Å². The second kappa shape index (κ2) is 7.27. The van der Waals surface area contributed by atoms with Gasteiger partial charge in [0.1, 0.15) is 5.82 Å². The van der Waals surface area contributed by atoms with E-state index < -0.39 is 0 Å². The van der Waals surface area contributed by atoms with Gasteiger partial charge in [0.15, 0.2) is 0 Å². The van der Waals surface area contributed by atoms with E-state index in [0.717, 1.165) is 16.5 Å². The third-order valence-corrected chi connectivity index (χ3v) is 4.68. The molecule has 1 aliphatic heterocycles. The van der Waals surface area contributed by atoms with Crippen molar-refractivity contribution in [3.05, 3.63) is 40.0 Å². The third-order valence-electron chi connectivity index (χ3n) is 3.85. The average molecular weight is 342 g/mol. The monoisotopic (exact) mass is 342 g/mol. The number of anilines is 1. The molecule has 0 aliphatic carbocycles. The number of nitrogens with zero attached hydrogens (tertiary/aromatic N) is 5. The van der Waals surface area contributed by atoms with Crippen LogP contribution >= 0.6 is 11.3 Å². The Labute approximate surface area is 144 Å². The maximum absolute atomic E-state index is 12.2. The smallest absolute Gasteiger partial charge is 0.317 e. The van der Waals surface area contributed by atoms with Crippen molar-refractivity contribution in [1.29, 1.82) is 5.26 Å². The van der Waals surface area contributed by atoms with Crippen molar-refractivity contribution in [2.45, 2.75) is 13.5 Å². The number of hydrogen-bond donors (Lipinski definition) is 1. The summed E-state index contributed by atoms with van der Waals surface area (Å²) in [7, 11) is 0. The van der Waals surface area contributed by atoms with E-state index in [1.54, 1.807) is 34.6 Å². The van der Waals surface area contributed by atoms with Gasteiger partial charge in [-0.1, -0.05) is 0 Å². The van der Waals surface area contributed by atoms with Crippen LogP contribution in [0.3, 0.4) is 0 Å². The summed E-state index contributed by atoms with van der Waals surface area (Å²) in [6.45, 7) is 5.05. The lowest BCUT2D eigenvalue weighted by Gasteiger charge is -2.35. The number of amides is 2. The van der Waals surface area contributed by atoms with Gasteiger partial charge in [0.05, 0.1) is 28.9 Å². The van der Waals surface area contributed by atoms with Crippen LogP contribution in [-0.4, -0.2) is 47.1 Å². The minimum absolute atomic E-state index is 0.0703. The minimum Gasteiger partial charge on any atom is -0.353 e. The van der Waals surface area contributed by atoms with Crippen LogP contribution in [0.1, 0.15) is 16.3 Å². The summed E-state index contributed by atoms with van der Waals surface area (Å²) in [5, 5.41) is 14.8. The number of carbonyl (C=O) groups excluding carboxylic acids is 1. The van der Waals surface area contributed by atoms with Crippen LogP contribution in [0.25, 0.3) is 0 Å². The highest BCUT2D eigenvalue weighted by molar-refractivity contribution is 7.09. The first-order valence-electron chi connectivity index (χ1n) is 7.70. The number of hydrogen-bond acceptors (Lipinski definition) is 6. The number of piperazine rings is 1. The van der Waals surface area contributed by atoms with E-state index >= 15 is 0 Å². The highest BCUT2D eigenvalue weighted by atomic mass is 32.1. The van der Waals surface area contributed by atoms with Crippen molar-refractivity contribution >= 4 is 23.2 Å². The molecule has 0 spiro atoms. The number of carbonyl (C=O) groups is 1. The Bertz CT molecular complexity index is 760. The number of nitriles is 1. The fourth-order valence-electron chi connectivity index (χ4n) is 2.57. The molecule has 8 heteroatoms. The first kappa shape index (κ1) is 16.2. The van der Waals surface area contributed by atoms with E-state index in [2.05, 4.69) is 26.3 Å². The molecule has 0 atom stereocenters. The van der Waals surface area contributed by atoms with Crippen molar-refractivity contribution in [2.75, 3.05) is 31.1 Å². The van der Waals surface area contributed by atoms with Crippen LogP contribution in [0.15, 0.2) is 23.7 Å². The molecular weight excluding hydrogens is 324 g/mol. The Hall–Kier alpha value is -2.66. The highest BCUT2D eigenvalue weighted by Gasteiger charge is 2.22. The number of urea groups is 1. The van der Waals surface area contributed by atoms with Crippen LogP contribution < -0.4 is 10.2 Å². The molecule has 2 amide bonds. The van der Waals surface area contributed by atoms with Gasteiger partial charge < -0.3 is 15.1 Å². The number of rotatable bonds is 3. The lowest BCUT2D eigenvalue weighted by Crippen LogP contribution is -2.51. The molecule has 0 radical (unpaired) electrons. The van der Waals surface area contributed by atoms with Crippen molar-refractivity contribution in [3.63, 3.8) is 0 Å². The van der Waals surface area contributed by atoms with Crippen LogP contribution in [0, 0.1) is 18.3 Å². The van der Waals surface area contributed by atoms with E-state index in [4.69, 9.17) is 5.26 Å². The molecule has 1 fully saturated rings. The molecule has 3 rings (SSSR count). The Morgan fingerprint density at radius 3 is 2.88 bits per heavy atom. The Balaban J connectivity index is 1.51. The van der Waals surface area contributed by atoms with Crippen molar-refractivity contribution in [1.82, 2.24) is 20.2 Å². The summed E-state index contributed by atoms with van der Waals surface area (Å²) in [6, 6.07) is 5.52. The van der Waals surface area contributed by atoms with Gasteiger partial charge in [0, 0.05) is 37.8 Å². The zero-order chi connectivity index (χ0) is 16.9. The van der Waals surface area contributed by atoms with Gasteiger partial charge in [0.2, 0.25) is 0 Å². The molecule has 0 bridgehead atoms. The van der Waals surface area contributed by atoms with Gasteiger partial charge in [-0.05, 0) is 19.1 Å². The number of thiazole rings is 1. The quantitative estimate of drug-likeness (QED) is 0.918. The first-order valence-corrected chi connectivity index (χ1v) is 8.58. The lowest BCUT2D eigenvalue weighted by molar-refractivity contribution is 0.193. The summed E-state index contributed by atoms with van der Waals surface area (Å²) in [6.07, 6.45) is 1.64. The predicted molar refractivity (Wildman–Crippen MR) is 91.8 cm³/mol. The second-order valence-corrected chi connectivity index (χ2v) is 6.57. The first-order chi connectivity index (χ1) is 11.7. The Morgan fingerprint density at radius 2 is 2.21 bits per heavy atom. The van der Waals surface area contributed by atoms with Gasteiger partial charge in [-0.3, -0.25) is 0 Å². The van der Waals surface area contributed by atoms with Crippen LogP contribution in [0.4, 0.5) is 10.6 Å². The number of aromatic nitrogens is 2. The largest absolute Gasteiger partial charge is 0.353 e.